The first kappa shape index (κ1) is 14.7. The average Bonchev–Trinajstić information content (AvgIpc) is 2.96. The summed E-state index contributed by atoms with van der Waals surface area (Å²) in [5.74, 6) is 0.941. The number of methoxy groups -OCH3 is 1. The molecule has 0 bridgehead atoms. The van der Waals surface area contributed by atoms with Gasteiger partial charge >= 0.3 is 0 Å². The number of hydrogen-bond donors (Lipinski definition) is 1. The minimum Gasteiger partial charge on any atom is -0.383 e. The van der Waals surface area contributed by atoms with Crippen LogP contribution in [0, 0.1) is 5.92 Å². The SMILES string of the molecule is COCCNCC(=O)N(C)CC1CC1.Cl. The first-order valence-corrected chi connectivity index (χ1v) is 5.17. The van der Waals surface area contributed by atoms with Crippen molar-refractivity contribution in [1.82, 2.24) is 10.2 Å². The van der Waals surface area contributed by atoms with Crippen molar-refractivity contribution in [3.05, 3.63) is 0 Å². The second-order valence-electron chi connectivity index (χ2n) is 3.89. The molecule has 0 aromatic carbocycles. The molecule has 1 aliphatic carbocycles. The van der Waals surface area contributed by atoms with E-state index in [2.05, 4.69) is 5.32 Å². The molecule has 0 atom stereocenters. The Morgan fingerprint density at radius 2 is 2.20 bits per heavy atom. The molecule has 0 unspecified atom stereocenters. The van der Waals surface area contributed by atoms with Crippen LogP contribution in [0.15, 0.2) is 0 Å². The summed E-state index contributed by atoms with van der Waals surface area (Å²) in [6.45, 7) is 2.73. The van der Waals surface area contributed by atoms with E-state index >= 15 is 0 Å². The van der Waals surface area contributed by atoms with Crippen molar-refractivity contribution in [3.8, 4) is 0 Å². The normalized spacial score (nSPS) is 14.5. The Kier molecular flexibility index (Phi) is 7.74. The van der Waals surface area contributed by atoms with Gasteiger partial charge in [0.2, 0.25) is 5.91 Å². The van der Waals surface area contributed by atoms with Crippen LogP contribution in [0.3, 0.4) is 0 Å². The van der Waals surface area contributed by atoms with Gasteiger partial charge in [-0.15, -0.1) is 12.4 Å². The Hall–Kier alpha value is -0.320. The van der Waals surface area contributed by atoms with Crippen LogP contribution in [0.4, 0.5) is 0 Å². The summed E-state index contributed by atoms with van der Waals surface area (Å²) in [7, 11) is 3.53. The maximum atomic E-state index is 11.5. The van der Waals surface area contributed by atoms with Crippen molar-refractivity contribution in [3.63, 3.8) is 0 Å². The van der Waals surface area contributed by atoms with Crippen LogP contribution < -0.4 is 5.32 Å². The van der Waals surface area contributed by atoms with Crippen LogP contribution in [0.2, 0.25) is 0 Å². The molecule has 1 N–H and O–H groups in total. The Morgan fingerprint density at radius 1 is 1.53 bits per heavy atom. The van der Waals surface area contributed by atoms with Gasteiger partial charge in [-0.1, -0.05) is 0 Å². The minimum absolute atomic E-state index is 0. The van der Waals surface area contributed by atoms with Crippen LogP contribution in [-0.2, 0) is 9.53 Å². The zero-order valence-corrected chi connectivity index (χ0v) is 10.3. The standard InChI is InChI=1S/C10H20N2O2.ClH/c1-12(8-9-3-4-9)10(13)7-11-5-6-14-2;/h9,11H,3-8H2,1-2H3;1H. The molecule has 0 aliphatic heterocycles. The molecule has 1 fully saturated rings. The van der Waals surface area contributed by atoms with Gasteiger partial charge < -0.3 is 15.0 Å². The fourth-order valence-electron chi connectivity index (χ4n) is 1.29. The summed E-state index contributed by atoms with van der Waals surface area (Å²) < 4.78 is 4.87. The highest BCUT2D eigenvalue weighted by Gasteiger charge is 2.24. The number of ether oxygens (including phenoxy) is 1. The van der Waals surface area contributed by atoms with Crippen molar-refractivity contribution < 1.29 is 9.53 Å². The Bertz CT molecular complexity index is 186. The highest BCUT2D eigenvalue weighted by atomic mass is 35.5. The molecular formula is C10H21ClN2O2. The van der Waals surface area contributed by atoms with E-state index in [-0.39, 0.29) is 18.3 Å². The van der Waals surface area contributed by atoms with Gasteiger partial charge in [-0.25, -0.2) is 0 Å². The third kappa shape index (κ3) is 6.71. The molecule has 15 heavy (non-hydrogen) atoms. The van der Waals surface area contributed by atoms with Gasteiger partial charge in [-0.05, 0) is 18.8 Å². The fourth-order valence-corrected chi connectivity index (χ4v) is 1.29. The topological polar surface area (TPSA) is 41.6 Å². The molecule has 1 saturated carbocycles. The number of hydrogen-bond acceptors (Lipinski definition) is 3. The summed E-state index contributed by atoms with van der Waals surface area (Å²) >= 11 is 0. The third-order valence-corrected chi connectivity index (χ3v) is 2.41. The molecule has 0 heterocycles. The number of carbonyl (C=O) groups excluding carboxylic acids is 1. The van der Waals surface area contributed by atoms with Crippen molar-refractivity contribution in [2.75, 3.05) is 40.4 Å². The molecule has 1 rings (SSSR count). The second-order valence-corrected chi connectivity index (χ2v) is 3.89. The smallest absolute Gasteiger partial charge is 0.236 e. The van der Waals surface area contributed by atoms with Crippen LogP contribution in [0.25, 0.3) is 0 Å². The predicted octanol–water partition coefficient (Wildman–Crippen LogP) is 0.513. The largest absolute Gasteiger partial charge is 0.383 e. The van der Waals surface area contributed by atoms with Gasteiger partial charge in [0.25, 0.3) is 0 Å². The maximum absolute atomic E-state index is 11.5. The fraction of sp³-hybridized carbons (Fsp3) is 0.900. The quantitative estimate of drug-likeness (QED) is 0.655. The number of nitrogens with zero attached hydrogens (tertiary/aromatic N) is 1. The number of rotatable bonds is 7. The predicted molar refractivity (Wildman–Crippen MR) is 62.4 cm³/mol. The van der Waals surface area contributed by atoms with E-state index in [1.165, 1.54) is 12.8 Å². The van der Waals surface area contributed by atoms with Crippen LogP contribution in [0.1, 0.15) is 12.8 Å². The van der Waals surface area contributed by atoms with Crippen LogP contribution in [0.5, 0.6) is 0 Å². The van der Waals surface area contributed by atoms with Crippen molar-refractivity contribution in [2.24, 2.45) is 5.92 Å². The van der Waals surface area contributed by atoms with E-state index in [0.29, 0.717) is 13.2 Å². The lowest BCUT2D eigenvalue weighted by Gasteiger charge is -2.16. The van der Waals surface area contributed by atoms with E-state index in [0.717, 1.165) is 19.0 Å². The van der Waals surface area contributed by atoms with Crippen molar-refractivity contribution in [2.45, 2.75) is 12.8 Å². The first-order valence-electron chi connectivity index (χ1n) is 5.17. The Morgan fingerprint density at radius 3 is 2.73 bits per heavy atom. The zero-order valence-electron chi connectivity index (χ0n) is 9.49. The highest BCUT2D eigenvalue weighted by molar-refractivity contribution is 5.85. The molecule has 5 heteroatoms. The lowest BCUT2D eigenvalue weighted by atomic mass is 10.4. The summed E-state index contributed by atoms with van der Waals surface area (Å²) in [5, 5.41) is 3.04. The highest BCUT2D eigenvalue weighted by Crippen LogP contribution is 2.29. The van der Waals surface area contributed by atoms with E-state index < -0.39 is 0 Å². The van der Waals surface area contributed by atoms with Crippen LogP contribution in [-0.4, -0.2) is 51.2 Å². The van der Waals surface area contributed by atoms with E-state index in [4.69, 9.17) is 4.74 Å². The van der Waals surface area contributed by atoms with E-state index in [1.54, 1.807) is 7.11 Å². The second kappa shape index (κ2) is 7.91. The van der Waals surface area contributed by atoms with E-state index in [9.17, 15) is 4.79 Å². The minimum atomic E-state index is 0. The van der Waals surface area contributed by atoms with Gasteiger partial charge in [0, 0.05) is 27.2 Å². The molecule has 0 aromatic rings. The Labute approximate surface area is 97.8 Å². The van der Waals surface area contributed by atoms with Gasteiger partial charge in [0.15, 0.2) is 0 Å². The number of halogens is 1. The monoisotopic (exact) mass is 236 g/mol. The molecule has 0 spiro atoms. The molecule has 1 amide bonds. The molecule has 90 valence electrons. The molecule has 0 saturated heterocycles. The van der Waals surface area contributed by atoms with Gasteiger partial charge in [0.1, 0.15) is 0 Å². The maximum Gasteiger partial charge on any atom is 0.236 e. The number of amides is 1. The van der Waals surface area contributed by atoms with Gasteiger partial charge in [0.05, 0.1) is 13.2 Å². The zero-order chi connectivity index (χ0) is 10.4. The number of carbonyl (C=O) groups is 1. The Balaban J connectivity index is 0.00000196. The lowest BCUT2D eigenvalue weighted by Crippen LogP contribution is -2.37. The van der Waals surface area contributed by atoms with Crippen molar-refractivity contribution in [1.29, 1.82) is 0 Å². The molecule has 4 nitrogen and oxygen atoms in total. The summed E-state index contributed by atoms with van der Waals surface area (Å²) in [6.07, 6.45) is 2.57. The molecular weight excluding hydrogens is 216 g/mol. The molecule has 0 radical (unpaired) electrons. The third-order valence-electron chi connectivity index (χ3n) is 2.41. The van der Waals surface area contributed by atoms with Crippen LogP contribution >= 0.6 is 12.4 Å². The average molecular weight is 237 g/mol. The number of nitrogens with one attached hydrogen (secondary N) is 1. The molecule has 0 aromatic heterocycles. The van der Waals surface area contributed by atoms with Gasteiger partial charge in [-0.2, -0.15) is 0 Å². The first-order chi connectivity index (χ1) is 6.74. The number of likely N-dealkylation sites (N-methyl/N-ethyl adjacent to an activating group) is 1. The molecule has 1 aliphatic rings. The van der Waals surface area contributed by atoms with E-state index in [1.807, 2.05) is 11.9 Å². The summed E-state index contributed by atoms with van der Waals surface area (Å²) in [4.78, 5) is 13.3. The van der Waals surface area contributed by atoms with Crippen molar-refractivity contribution >= 4 is 18.3 Å². The summed E-state index contributed by atoms with van der Waals surface area (Å²) in [5.41, 5.74) is 0. The lowest BCUT2D eigenvalue weighted by molar-refractivity contribution is -0.129. The van der Waals surface area contributed by atoms with Gasteiger partial charge in [-0.3, -0.25) is 4.79 Å². The summed E-state index contributed by atoms with van der Waals surface area (Å²) in [6, 6.07) is 0.